The quantitative estimate of drug-likeness (QED) is 0.285. The predicted octanol–water partition coefficient (Wildman–Crippen LogP) is 2.65. The van der Waals surface area contributed by atoms with Gasteiger partial charge in [0, 0.05) is 44.9 Å². The average molecular weight is 488 g/mol. The van der Waals surface area contributed by atoms with Gasteiger partial charge in [0.1, 0.15) is 11.6 Å². The standard InChI is InChI=1S/C24H37N7O2S/c1-20(2)16-25-10-4-5-11-29-34(32,33)22-8-6-21(7-9-22)17-31(18-23-26-12-13-27-23)19-24-28-14-15-30(24)3/h6-9,12-15,20,25,29H,4-5,10-11,16-19H2,1-3H3,(H,26,27). The Hall–Kier alpha value is -2.53. The van der Waals surface area contributed by atoms with Crippen molar-refractivity contribution in [3.63, 3.8) is 0 Å². The number of aryl methyl sites for hydroxylation is 1. The van der Waals surface area contributed by atoms with E-state index in [9.17, 15) is 8.42 Å². The van der Waals surface area contributed by atoms with E-state index in [4.69, 9.17) is 0 Å². The van der Waals surface area contributed by atoms with Gasteiger partial charge in [0.2, 0.25) is 10.0 Å². The summed E-state index contributed by atoms with van der Waals surface area (Å²) in [4.78, 5) is 14.4. The first-order valence-electron chi connectivity index (χ1n) is 11.8. The smallest absolute Gasteiger partial charge is 0.240 e. The van der Waals surface area contributed by atoms with E-state index in [-0.39, 0.29) is 4.90 Å². The van der Waals surface area contributed by atoms with Gasteiger partial charge in [0.25, 0.3) is 0 Å². The third-order valence-electron chi connectivity index (χ3n) is 5.48. The fourth-order valence-corrected chi connectivity index (χ4v) is 4.67. The van der Waals surface area contributed by atoms with Crippen molar-refractivity contribution in [2.24, 2.45) is 13.0 Å². The molecule has 0 radical (unpaired) electrons. The number of aromatic nitrogens is 4. The molecule has 2 aromatic heterocycles. The van der Waals surface area contributed by atoms with Gasteiger partial charge in [0.05, 0.1) is 18.0 Å². The summed E-state index contributed by atoms with van der Waals surface area (Å²) in [6.07, 6.45) is 9.00. The Labute approximate surface area is 203 Å². The van der Waals surface area contributed by atoms with Crippen molar-refractivity contribution >= 4 is 10.0 Å². The van der Waals surface area contributed by atoms with E-state index in [1.807, 2.05) is 36.1 Å². The number of aromatic amines is 1. The molecule has 0 spiro atoms. The first-order valence-corrected chi connectivity index (χ1v) is 13.3. The van der Waals surface area contributed by atoms with Crippen LogP contribution >= 0.6 is 0 Å². The number of imidazole rings is 2. The van der Waals surface area contributed by atoms with Crippen LogP contribution in [-0.2, 0) is 36.7 Å². The molecule has 0 aliphatic carbocycles. The van der Waals surface area contributed by atoms with Gasteiger partial charge in [-0.2, -0.15) is 0 Å². The van der Waals surface area contributed by atoms with Gasteiger partial charge < -0.3 is 14.9 Å². The number of nitrogens with zero attached hydrogens (tertiary/aromatic N) is 4. The summed E-state index contributed by atoms with van der Waals surface area (Å²) in [5, 5.41) is 3.37. The van der Waals surface area contributed by atoms with E-state index >= 15 is 0 Å². The van der Waals surface area contributed by atoms with Crippen LogP contribution in [0.3, 0.4) is 0 Å². The van der Waals surface area contributed by atoms with E-state index in [2.05, 4.69) is 43.7 Å². The maximum Gasteiger partial charge on any atom is 0.240 e. The van der Waals surface area contributed by atoms with Crippen molar-refractivity contribution in [2.45, 2.75) is 51.2 Å². The van der Waals surface area contributed by atoms with Crippen LogP contribution in [0, 0.1) is 5.92 Å². The molecule has 0 atom stereocenters. The summed E-state index contributed by atoms with van der Waals surface area (Å²) >= 11 is 0. The summed E-state index contributed by atoms with van der Waals surface area (Å²) in [6.45, 7) is 8.59. The number of rotatable bonds is 15. The molecule has 0 amide bonds. The van der Waals surface area contributed by atoms with E-state index < -0.39 is 10.0 Å². The number of H-pyrrole nitrogens is 1. The Morgan fingerprint density at radius 3 is 2.44 bits per heavy atom. The topological polar surface area (TPSA) is 108 Å². The number of hydrogen-bond acceptors (Lipinski definition) is 6. The third kappa shape index (κ3) is 8.35. The molecule has 0 aliphatic rings. The minimum Gasteiger partial charge on any atom is -0.348 e. The van der Waals surface area contributed by atoms with Crippen molar-refractivity contribution < 1.29 is 8.42 Å². The molecular formula is C24H37N7O2S. The molecular weight excluding hydrogens is 450 g/mol. The molecule has 10 heteroatoms. The van der Waals surface area contributed by atoms with Gasteiger partial charge >= 0.3 is 0 Å². The number of hydrogen-bond donors (Lipinski definition) is 3. The second-order valence-corrected chi connectivity index (χ2v) is 10.7. The minimum atomic E-state index is -3.51. The molecule has 9 nitrogen and oxygen atoms in total. The van der Waals surface area contributed by atoms with E-state index in [0.29, 0.717) is 32.1 Å². The van der Waals surface area contributed by atoms with Gasteiger partial charge in [-0.05, 0) is 49.5 Å². The second-order valence-electron chi connectivity index (χ2n) is 8.98. The summed E-state index contributed by atoms with van der Waals surface area (Å²) in [7, 11) is -1.54. The Kier molecular flexibility index (Phi) is 9.82. The monoisotopic (exact) mass is 487 g/mol. The highest BCUT2D eigenvalue weighted by Crippen LogP contribution is 2.15. The van der Waals surface area contributed by atoms with Crippen LogP contribution in [0.2, 0.25) is 0 Å². The lowest BCUT2D eigenvalue weighted by molar-refractivity contribution is 0.233. The lowest BCUT2D eigenvalue weighted by Gasteiger charge is -2.21. The first-order chi connectivity index (χ1) is 16.3. The van der Waals surface area contributed by atoms with Crippen LogP contribution in [0.25, 0.3) is 0 Å². The summed E-state index contributed by atoms with van der Waals surface area (Å²) in [6, 6.07) is 7.09. The molecule has 34 heavy (non-hydrogen) atoms. The van der Waals surface area contributed by atoms with Crippen LogP contribution < -0.4 is 10.0 Å². The highest BCUT2D eigenvalue weighted by atomic mass is 32.2. The summed E-state index contributed by atoms with van der Waals surface area (Å²) in [5.74, 6) is 2.44. The zero-order chi connectivity index (χ0) is 24.4. The van der Waals surface area contributed by atoms with Crippen LogP contribution in [0.1, 0.15) is 43.9 Å². The molecule has 3 rings (SSSR count). The van der Waals surface area contributed by atoms with Gasteiger partial charge in [0.15, 0.2) is 0 Å². The molecule has 186 valence electrons. The summed E-state index contributed by atoms with van der Waals surface area (Å²) in [5.41, 5.74) is 1.02. The fourth-order valence-electron chi connectivity index (χ4n) is 3.60. The van der Waals surface area contributed by atoms with Gasteiger partial charge in [-0.3, -0.25) is 4.90 Å². The average Bonchev–Trinajstić information content (AvgIpc) is 3.45. The Morgan fingerprint density at radius 2 is 1.79 bits per heavy atom. The summed E-state index contributed by atoms with van der Waals surface area (Å²) < 4.78 is 30.0. The highest BCUT2D eigenvalue weighted by molar-refractivity contribution is 7.89. The molecule has 3 aromatic rings. The largest absolute Gasteiger partial charge is 0.348 e. The van der Waals surface area contributed by atoms with Crippen molar-refractivity contribution in [3.05, 3.63) is 66.3 Å². The van der Waals surface area contributed by atoms with Crippen molar-refractivity contribution in [1.82, 2.24) is 34.5 Å². The fraction of sp³-hybridized carbons (Fsp3) is 0.500. The number of nitrogens with one attached hydrogen (secondary N) is 3. The molecule has 2 heterocycles. The van der Waals surface area contributed by atoms with Crippen molar-refractivity contribution in [2.75, 3.05) is 19.6 Å². The Bertz CT molecular complexity index is 1080. The molecule has 0 unspecified atom stereocenters. The van der Waals surface area contributed by atoms with Crippen molar-refractivity contribution in [1.29, 1.82) is 0 Å². The molecule has 0 fully saturated rings. The maximum atomic E-state index is 12.6. The Morgan fingerprint density at radius 1 is 1.03 bits per heavy atom. The predicted molar refractivity (Wildman–Crippen MR) is 133 cm³/mol. The lowest BCUT2D eigenvalue weighted by Crippen LogP contribution is -2.26. The van der Waals surface area contributed by atoms with E-state index in [0.717, 1.165) is 43.1 Å². The van der Waals surface area contributed by atoms with Crippen LogP contribution in [0.4, 0.5) is 0 Å². The van der Waals surface area contributed by atoms with E-state index in [1.165, 1.54) is 0 Å². The van der Waals surface area contributed by atoms with Gasteiger partial charge in [-0.15, -0.1) is 0 Å². The second kappa shape index (κ2) is 12.8. The lowest BCUT2D eigenvalue weighted by atomic mass is 10.2. The van der Waals surface area contributed by atoms with E-state index in [1.54, 1.807) is 24.5 Å². The van der Waals surface area contributed by atoms with Gasteiger partial charge in [-0.25, -0.2) is 23.1 Å². The number of unbranched alkanes of at least 4 members (excludes halogenated alkanes) is 1. The third-order valence-corrected chi connectivity index (χ3v) is 6.96. The van der Waals surface area contributed by atoms with Crippen LogP contribution in [-0.4, -0.2) is 52.5 Å². The van der Waals surface area contributed by atoms with Crippen LogP contribution in [0.5, 0.6) is 0 Å². The normalized spacial score (nSPS) is 12.1. The minimum absolute atomic E-state index is 0.288. The number of benzene rings is 1. The number of sulfonamides is 1. The van der Waals surface area contributed by atoms with Crippen molar-refractivity contribution in [3.8, 4) is 0 Å². The molecule has 3 N–H and O–H groups in total. The van der Waals surface area contributed by atoms with Crippen LogP contribution in [0.15, 0.2) is 53.9 Å². The zero-order valence-electron chi connectivity index (χ0n) is 20.4. The van der Waals surface area contributed by atoms with Gasteiger partial charge in [-0.1, -0.05) is 26.0 Å². The Balaban J connectivity index is 1.54. The first kappa shape index (κ1) is 26.1. The SMILES string of the molecule is CC(C)CNCCCCNS(=O)(=O)c1ccc(CN(Cc2ncc[nH]2)Cc2nccn2C)cc1. The molecule has 1 aromatic carbocycles. The molecule has 0 aliphatic heterocycles. The maximum absolute atomic E-state index is 12.6. The molecule has 0 saturated carbocycles. The highest BCUT2D eigenvalue weighted by Gasteiger charge is 2.15. The zero-order valence-corrected chi connectivity index (χ0v) is 21.2. The molecule has 0 bridgehead atoms. The molecule has 0 saturated heterocycles.